The monoisotopic (exact) mass is 389 g/mol. The van der Waals surface area contributed by atoms with Gasteiger partial charge < -0.3 is 9.88 Å². The Labute approximate surface area is 168 Å². The van der Waals surface area contributed by atoms with Crippen LogP contribution in [-0.2, 0) is 0 Å². The van der Waals surface area contributed by atoms with Crippen molar-refractivity contribution in [1.82, 2.24) is 14.9 Å². The van der Waals surface area contributed by atoms with E-state index in [1.165, 1.54) is 16.9 Å². The Kier molecular flexibility index (Phi) is 5.01. The van der Waals surface area contributed by atoms with Crippen LogP contribution in [0, 0.1) is 13.8 Å². The first-order valence-corrected chi connectivity index (χ1v) is 10.2. The van der Waals surface area contributed by atoms with Crippen LogP contribution in [0.1, 0.15) is 39.5 Å². The minimum atomic E-state index is -0.0479. The van der Waals surface area contributed by atoms with Crippen molar-refractivity contribution in [1.29, 1.82) is 0 Å². The third-order valence-electron chi connectivity index (χ3n) is 5.08. The van der Waals surface area contributed by atoms with E-state index in [4.69, 9.17) is 0 Å². The number of aryl methyl sites for hydroxylation is 2. The molecule has 3 heterocycles. The first kappa shape index (κ1) is 18.4. The molecule has 0 fully saturated rings. The number of rotatable bonds is 5. The maximum Gasteiger partial charge on any atom is 0.263 e. The second-order valence-electron chi connectivity index (χ2n) is 7.11. The van der Waals surface area contributed by atoms with Crippen molar-refractivity contribution in [2.45, 2.75) is 26.7 Å². The predicted octanol–water partition coefficient (Wildman–Crippen LogP) is 5.24. The van der Waals surface area contributed by atoms with E-state index < -0.39 is 0 Å². The maximum absolute atomic E-state index is 13.1. The lowest BCUT2D eigenvalue weighted by Gasteiger charge is -2.14. The molecule has 28 heavy (non-hydrogen) atoms. The van der Waals surface area contributed by atoms with Crippen LogP contribution < -0.4 is 5.32 Å². The smallest absolute Gasteiger partial charge is 0.263 e. The molecule has 0 aliphatic carbocycles. The highest BCUT2D eigenvalue weighted by molar-refractivity contribution is 7.21. The van der Waals surface area contributed by atoms with Gasteiger partial charge in [0.25, 0.3) is 5.91 Å². The molecule has 1 amide bonds. The van der Waals surface area contributed by atoms with Gasteiger partial charge in [0, 0.05) is 29.5 Å². The molecule has 1 aromatic carbocycles. The van der Waals surface area contributed by atoms with Crippen LogP contribution in [0.4, 0.5) is 0 Å². The summed E-state index contributed by atoms with van der Waals surface area (Å²) in [6, 6.07) is 18.4. The van der Waals surface area contributed by atoms with E-state index in [2.05, 4.69) is 59.9 Å². The average molecular weight is 390 g/mol. The summed E-state index contributed by atoms with van der Waals surface area (Å²) < 4.78 is 2.15. The van der Waals surface area contributed by atoms with Crippen LogP contribution >= 0.6 is 11.3 Å². The SMILES string of the molecule is Cc1ccc(C)n1-c1c(C(=O)NC[C@@H](C)c2ccccc2)sc2ncccc12. The number of aromatic nitrogens is 2. The summed E-state index contributed by atoms with van der Waals surface area (Å²) in [4.78, 5) is 19.2. The fourth-order valence-electron chi connectivity index (χ4n) is 3.54. The molecule has 4 aromatic rings. The summed E-state index contributed by atoms with van der Waals surface area (Å²) in [5.41, 5.74) is 4.36. The first-order valence-electron chi connectivity index (χ1n) is 9.42. The van der Waals surface area contributed by atoms with Crippen LogP contribution in [0.25, 0.3) is 15.9 Å². The van der Waals surface area contributed by atoms with Gasteiger partial charge in [-0.1, -0.05) is 37.3 Å². The summed E-state index contributed by atoms with van der Waals surface area (Å²) >= 11 is 1.45. The van der Waals surface area contributed by atoms with Crippen molar-refractivity contribution in [3.63, 3.8) is 0 Å². The van der Waals surface area contributed by atoms with Gasteiger partial charge in [-0.05, 0) is 49.6 Å². The van der Waals surface area contributed by atoms with Gasteiger partial charge in [-0.2, -0.15) is 0 Å². The van der Waals surface area contributed by atoms with Crippen molar-refractivity contribution < 1.29 is 4.79 Å². The molecule has 0 spiro atoms. The van der Waals surface area contributed by atoms with E-state index in [0.29, 0.717) is 11.4 Å². The minimum absolute atomic E-state index is 0.0479. The molecule has 0 saturated carbocycles. The molecule has 3 aromatic heterocycles. The Morgan fingerprint density at radius 2 is 1.79 bits per heavy atom. The number of carbonyl (C=O) groups is 1. The molecule has 4 nitrogen and oxygen atoms in total. The quantitative estimate of drug-likeness (QED) is 0.507. The molecule has 0 aliphatic heterocycles. The summed E-state index contributed by atoms with van der Waals surface area (Å²) in [7, 11) is 0. The molecule has 0 saturated heterocycles. The molecule has 1 atom stereocenters. The molecule has 0 bridgehead atoms. The van der Waals surface area contributed by atoms with Gasteiger partial charge in [-0.15, -0.1) is 11.3 Å². The summed E-state index contributed by atoms with van der Waals surface area (Å²) in [6.45, 7) is 6.84. The molecule has 1 N–H and O–H groups in total. The molecule has 0 unspecified atom stereocenters. The van der Waals surface area contributed by atoms with Crippen molar-refractivity contribution in [2.75, 3.05) is 6.54 Å². The van der Waals surface area contributed by atoms with E-state index in [-0.39, 0.29) is 11.8 Å². The zero-order valence-electron chi connectivity index (χ0n) is 16.3. The Hall–Kier alpha value is -2.92. The number of pyridine rings is 1. The normalized spacial score (nSPS) is 12.2. The Morgan fingerprint density at radius 1 is 1.07 bits per heavy atom. The first-order chi connectivity index (χ1) is 13.6. The van der Waals surface area contributed by atoms with Gasteiger partial charge in [0.2, 0.25) is 0 Å². The number of benzene rings is 1. The lowest BCUT2D eigenvalue weighted by Crippen LogP contribution is -2.27. The van der Waals surface area contributed by atoms with Crippen molar-refractivity contribution in [3.8, 4) is 5.69 Å². The largest absolute Gasteiger partial charge is 0.351 e. The van der Waals surface area contributed by atoms with Crippen molar-refractivity contribution >= 4 is 27.5 Å². The van der Waals surface area contributed by atoms with E-state index in [9.17, 15) is 4.79 Å². The van der Waals surface area contributed by atoms with Gasteiger partial charge in [0.15, 0.2) is 0 Å². The average Bonchev–Trinajstić information content (AvgIpc) is 3.25. The lowest BCUT2D eigenvalue weighted by atomic mass is 10.0. The number of carbonyl (C=O) groups excluding carboxylic acids is 1. The van der Waals surface area contributed by atoms with Gasteiger partial charge in [0.1, 0.15) is 9.71 Å². The summed E-state index contributed by atoms with van der Waals surface area (Å²) in [5.74, 6) is 0.199. The van der Waals surface area contributed by atoms with E-state index >= 15 is 0 Å². The second-order valence-corrected chi connectivity index (χ2v) is 8.11. The predicted molar refractivity (Wildman–Crippen MR) is 116 cm³/mol. The second kappa shape index (κ2) is 7.60. The highest BCUT2D eigenvalue weighted by Crippen LogP contribution is 2.35. The third kappa shape index (κ3) is 3.34. The van der Waals surface area contributed by atoms with Crippen LogP contribution in [0.5, 0.6) is 0 Å². The van der Waals surface area contributed by atoms with E-state index in [1.807, 2.05) is 30.3 Å². The Bertz CT molecular complexity index is 1110. The molecular formula is C23H23N3OS. The molecule has 0 radical (unpaired) electrons. The Balaban J connectivity index is 1.68. The van der Waals surface area contributed by atoms with Gasteiger partial charge >= 0.3 is 0 Å². The van der Waals surface area contributed by atoms with E-state index in [0.717, 1.165) is 27.3 Å². The molecular weight excluding hydrogens is 366 g/mol. The van der Waals surface area contributed by atoms with Gasteiger partial charge in [0.05, 0.1) is 5.69 Å². The zero-order chi connectivity index (χ0) is 19.7. The third-order valence-corrected chi connectivity index (χ3v) is 6.18. The fourth-order valence-corrected chi connectivity index (χ4v) is 4.59. The number of amides is 1. The highest BCUT2D eigenvalue weighted by Gasteiger charge is 2.22. The lowest BCUT2D eigenvalue weighted by molar-refractivity contribution is 0.0956. The van der Waals surface area contributed by atoms with Gasteiger partial charge in [-0.25, -0.2) is 4.98 Å². The Morgan fingerprint density at radius 3 is 2.50 bits per heavy atom. The highest BCUT2D eigenvalue weighted by atomic mass is 32.1. The number of thiophene rings is 1. The summed E-state index contributed by atoms with van der Waals surface area (Å²) in [5, 5.41) is 4.14. The number of nitrogens with one attached hydrogen (secondary N) is 1. The van der Waals surface area contributed by atoms with E-state index in [1.54, 1.807) is 6.20 Å². The van der Waals surface area contributed by atoms with Gasteiger partial charge in [-0.3, -0.25) is 4.79 Å². The molecule has 5 heteroatoms. The topological polar surface area (TPSA) is 46.9 Å². The number of nitrogens with zero attached hydrogens (tertiary/aromatic N) is 2. The minimum Gasteiger partial charge on any atom is -0.351 e. The molecule has 0 aliphatic rings. The number of fused-ring (bicyclic) bond motifs is 1. The number of hydrogen-bond donors (Lipinski definition) is 1. The molecule has 142 valence electrons. The molecule has 4 rings (SSSR count). The van der Waals surface area contributed by atoms with Crippen molar-refractivity contribution in [2.24, 2.45) is 0 Å². The number of hydrogen-bond acceptors (Lipinski definition) is 3. The maximum atomic E-state index is 13.1. The van der Waals surface area contributed by atoms with Crippen LogP contribution in [0.3, 0.4) is 0 Å². The fraction of sp³-hybridized carbons (Fsp3) is 0.217. The van der Waals surface area contributed by atoms with Crippen LogP contribution in [0.2, 0.25) is 0 Å². The summed E-state index contributed by atoms with van der Waals surface area (Å²) in [6.07, 6.45) is 1.77. The van der Waals surface area contributed by atoms with Crippen LogP contribution in [-0.4, -0.2) is 22.0 Å². The van der Waals surface area contributed by atoms with Crippen LogP contribution in [0.15, 0.2) is 60.8 Å². The van der Waals surface area contributed by atoms with Crippen molar-refractivity contribution in [3.05, 3.63) is 82.6 Å². The standard InChI is InChI=1S/C23H23N3OS/c1-15(18-8-5-4-6-9-18)14-25-22(27)21-20(26-16(2)11-12-17(26)3)19-10-7-13-24-23(19)28-21/h4-13,15H,14H2,1-3H3,(H,25,27)/t15-/m1/s1. The zero-order valence-corrected chi connectivity index (χ0v) is 17.1.